The molecule has 3 aromatic carbocycles. The zero-order valence-corrected chi connectivity index (χ0v) is 19.2. The normalized spacial score (nSPS) is 16.6. The van der Waals surface area contributed by atoms with Gasteiger partial charge in [0.05, 0.1) is 24.5 Å². The number of aryl methyl sites for hydroxylation is 1. The van der Waals surface area contributed by atoms with Crippen LogP contribution in [0.1, 0.15) is 22.7 Å². The van der Waals surface area contributed by atoms with Crippen LogP contribution in [0.5, 0.6) is 5.75 Å². The smallest absolute Gasteiger partial charge is 0.263 e. The number of hydrogen-bond acceptors (Lipinski definition) is 4. The maximum absolute atomic E-state index is 13.3. The molecular formula is C24H23ClN2O4S. The van der Waals surface area contributed by atoms with Gasteiger partial charge in [0.15, 0.2) is 6.10 Å². The lowest BCUT2D eigenvalue weighted by atomic mass is 9.97. The Morgan fingerprint density at radius 1 is 1.06 bits per heavy atom. The van der Waals surface area contributed by atoms with E-state index in [1.165, 1.54) is 6.07 Å². The highest BCUT2D eigenvalue weighted by Gasteiger charge is 2.36. The molecule has 1 aliphatic rings. The van der Waals surface area contributed by atoms with Crippen LogP contribution in [0.25, 0.3) is 0 Å². The minimum absolute atomic E-state index is 0.145. The number of rotatable bonds is 5. The van der Waals surface area contributed by atoms with Gasteiger partial charge in [-0.25, -0.2) is 8.42 Å². The molecule has 4 rings (SSSR count). The standard InChI is InChI=1S/C24H23ClN2O4S/c1-16-8-10-18(11-9-16)23(17-6-4-3-5-7-17)26-24(28)22-15-27(32(2,29)30)20-14-19(25)12-13-21(20)31-22/h3-14,22-23H,15H2,1-2H3,(H,26,28). The number of amides is 1. The van der Waals surface area contributed by atoms with Crippen molar-refractivity contribution < 1.29 is 17.9 Å². The number of carbonyl (C=O) groups is 1. The fourth-order valence-electron chi connectivity index (χ4n) is 3.67. The van der Waals surface area contributed by atoms with E-state index in [0.29, 0.717) is 10.7 Å². The van der Waals surface area contributed by atoms with E-state index in [1.807, 2.05) is 61.5 Å². The Hall–Kier alpha value is -3.03. The topological polar surface area (TPSA) is 75.7 Å². The minimum Gasteiger partial charge on any atom is -0.476 e. The molecule has 0 fully saturated rings. The van der Waals surface area contributed by atoms with E-state index in [4.69, 9.17) is 16.3 Å². The van der Waals surface area contributed by atoms with E-state index in [0.717, 1.165) is 27.3 Å². The van der Waals surface area contributed by atoms with Crippen molar-refractivity contribution in [1.29, 1.82) is 0 Å². The van der Waals surface area contributed by atoms with Crippen LogP contribution < -0.4 is 14.4 Å². The number of halogens is 1. The van der Waals surface area contributed by atoms with Crippen molar-refractivity contribution in [3.63, 3.8) is 0 Å². The third-order valence-electron chi connectivity index (χ3n) is 5.31. The van der Waals surface area contributed by atoms with E-state index in [1.54, 1.807) is 12.1 Å². The van der Waals surface area contributed by atoms with Crippen molar-refractivity contribution in [3.8, 4) is 5.75 Å². The lowest BCUT2D eigenvalue weighted by molar-refractivity contribution is -0.128. The lowest BCUT2D eigenvalue weighted by Crippen LogP contribution is -2.51. The number of fused-ring (bicyclic) bond motifs is 1. The van der Waals surface area contributed by atoms with Crippen LogP contribution in [0.2, 0.25) is 5.02 Å². The Morgan fingerprint density at radius 3 is 2.38 bits per heavy atom. The monoisotopic (exact) mass is 470 g/mol. The molecule has 32 heavy (non-hydrogen) atoms. The van der Waals surface area contributed by atoms with Gasteiger partial charge in [0.2, 0.25) is 10.0 Å². The summed E-state index contributed by atoms with van der Waals surface area (Å²) in [7, 11) is -3.65. The van der Waals surface area contributed by atoms with Crippen LogP contribution in [0.4, 0.5) is 5.69 Å². The first-order chi connectivity index (χ1) is 15.2. The molecule has 1 N–H and O–H groups in total. The molecule has 0 radical (unpaired) electrons. The third kappa shape index (κ3) is 4.74. The van der Waals surface area contributed by atoms with Crippen LogP contribution in [0, 0.1) is 6.92 Å². The molecule has 166 valence electrons. The average Bonchev–Trinajstić information content (AvgIpc) is 2.77. The van der Waals surface area contributed by atoms with E-state index in [2.05, 4.69) is 5.32 Å². The van der Waals surface area contributed by atoms with E-state index >= 15 is 0 Å². The largest absolute Gasteiger partial charge is 0.476 e. The minimum atomic E-state index is -3.65. The number of sulfonamides is 1. The second-order valence-electron chi connectivity index (χ2n) is 7.78. The molecule has 0 saturated carbocycles. The van der Waals surface area contributed by atoms with Crippen molar-refractivity contribution in [1.82, 2.24) is 5.32 Å². The highest BCUT2D eigenvalue weighted by molar-refractivity contribution is 7.92. The Bertz CT molecular complexity index is 1230. The molecule has 8 heteroatoms. The number of nitrogens with zero attached hydrogens (tertiary/aromatic N) is 1. The van der Waals surface area contributed by atoms with Gasteiger partial charge in [-0.05, 0) is 36.2 Å². The second-order valence-corrected chi connectivity index (χ2v) is 10.1. The van der Waals surface area contributed by atoms with E-state index in [9.17, 15) is 13.2 Å². The summed E-state index contributed by atoms with van der Waals surface area (Å²) in [6.45, 7) is 1.85. The SMILES string of the molecule is Cc1ccc(C(NC(=O)C2CN(S(C)(=O)=O)c3cc(Cl)ccc3O2)c2ccccc2)cc1. The molecule has 0 saturated heterocycles. The second kappa shape index (κ2) is 8.84. The predicted octanol–water partition coefficient (Wildman–Crippen LogP) is 4.08. The fourth-order valence-corrected chi connectivity index (χ4v) is 4.75. The van der Waals surface area contributed by atoms with Gasteiger partial charge >= 0.3 is 0 Å². The van der Waals surface area contributed by atoms with Crippen molar-refractivity contribution in [2.45, 2.75) is 19.1 Å². The number of ether oxygens (including phenoxy) is 1. The van der Waals surface area contributed by atoms with Crippen LogP contribution in [0.15, 0.2) is 72.8 Å². The summed E-state index contributed by atoms with van der Waals surface area (Å²) in [5.41, 5.74) is 3.26. The van der Waals surface area contributed by atoms with Gasteiger partial charge in [0.1, 0.15) is 5.75 Å². The quantitative estimate of drug-likeness (QED) is 0.609. The summed E-state index contributed by atoms with van der Waals surface area (Å²) in [6.07, 6.45) is 0.0758. The Morgan fingerprint density at radius 2 is 1.72 bits per heavy atom. The number of carbonyl (C=O) groups excluding carboxylic acids is 1. The molecule has 2 unspecified atom stereocenters. The molecule has 0 bridgehead atoms. The Labute approximate surface area is 192 Å². The molecule has 0 aromatic heterocycles. The molecular weight excluding hydrogens is 448 g/mol. The van der Waals surface area contributed by atoms with Gasteiger partial charge < -0.3 is 10.1 Å². The first-order valence-corrected chi connectivity index (χ1v) is 12.3. The molecule has 0 spiro atoms. The van der Waals surface area contributed by atoms with Gasteiger partial charge in [-0.2, -0.15) is 0 Å². The molecule has 3 aromatic rings. The molecule has 6 nitrogen and oxygen atoms in total. The molecule has 0 aliphatic carbocycles. The highest BCUT2D eigenvalue weighted by Crippen LogP contribution is 2.37. The average molecular weight is 471 g/mol. The van der Waals surface area contributed by atoms with Gasteiger partial charge in [-0.15, -0.1) is 0 Å². The summed E-state index contributed by atoms with van der Waals surface area (Å²) in [6, 6.07) is 21.8. The number of hydrogen-bond donors (Lipinski definition) is 1. The first kappa shape index (κ1) is 22.2. The first-order valence-electron chi connectivity index (χ1n) is 10.1. The maximum atomic E-state index is 13.3. The summed E-state index contributed by atoms with van der Waals surface area (Å²) in [5.74, 6) is -0.119. The van der Waals surface area contributed by atoms with Crippen LogP contribution >= 0.6 is 11.6 Å². The number of anilines is 1. The molecule has 2 atom stereocenters. The summed E-state index contributed by atoms with van der Waals surface area (Å²) in [5, 5.41) is 3.42. The van der Waals surface area contributed by atoms with Crippen molar-refractivity contribution in [2.75, 3.05) is 17.1 Å². The van der Waals surface area contributed by atoms with E-state index < -0.39 is 28.1 Å². The number of benzene rings is 3. The van der Waals surface area contributed by atoms with Crippen molar-refractivity contribution in [2.24, 2.45) is 0 Å². The highest BCUT2D eigenvalue weighted by atomic mass is 35.5. The van der Waals surface area contributed by atoms with Crippen LogP contribution in [-0.4, -0.2) is 33.2 Å². The van der Waals surface area contributed by atoms with Gasteiger partial charge in [0, 0.05) is 5.02 Å². The van der Waals surface area contributed by atoms with E-state index in [-0.39, 0.29) is 12.3 Å². The number of nitrogens with one attached hydrogen (secondary N) is 1. The zero-order valence-electron chi connectivity index (χ0n) is 17.7. The molecule has 1 aliphatic heterocycles. The third-order valence-corrected chi connectivity index (χ3v) is 6.70. The molecule has 1 amide bonds. The predicted molar refractivity (Wildman–Crippen MR) is 126 cm³/mol. The van der Waals surface area contributed by atoms with Gasteiger partial charge in [-0.3, -0.25) is 9.10 Å². The van der Waals surface area contributed by atoms with Crippen molar-refractivity contribution >= 4 is 33.2 Å². The summed E-state index contributed by atoms with van der Waals surface area (Å²) >= 11 is 6.05. The van der Waals surface area contributed by atoms with Gasteiger partial charge in [-0.1, -0.05) is 71.8 Å². The van der Waals surface area contributed by atoms with Gasteiger partial charge in [0.25, 0.3) is 5.91 Å². The summed E-state index contributed by atoms with van der Waals surface area (Å²) < 4.78 is 31.9. The van der Waals surface area contributed by atoms with Crippen LogP contribution in [0.3, 0.4) is 0 Å². The summed E-state index contributed by atoms with van der Waals surface area (Å²) in [4.78, 5) is 13.3. The Balaban J connectivity index is 1.65. The fraction of sp³-hybridized carbons (Fsp3) is 0.208. The molecule has 1 heterocycles. The maximum Gasteiger partial charge on any atom is 0.263 e. The van der Waals surface area contributed by atoms with Crippen molar-refractivity contribution in [3.05, 3.63) is 94.5 Å². The van der Waals surface area contributed by atoms with Crippen LogP contribution in [-0.2, 0) is 14.8 Å². The lowest BCUT2D eigenvalue weighted by Gasteiger charge is -2.34. The Kier molecular flexibility index (Phi) is 6.13. The zero-order chi connectivity index (χ0) is 22.9.